The van der Waals surface area contributed by atoms with Crippen LogP contribution in [0, 0.1) is 17.2 Å². The standard InChI is InChI=1S/C16H21ClFNO/c1-16(2,12-6-4-8-19-10-12)14(20)9-11-5-3-7-13(18)15(11)17/h3,5,7,12,19H,4,6,8-10H2,1-2H3. The van der Waals surface area contributed by atoms with Gasteiger partial charge in [-0.15, -0.1) is 0 Å². The molecule has 0 aromatic heterocycles. The van der Waals surface area contributed by atoms with Gasteiger partial charge < -0.3 is 5.32 Å². The van der Waals surface area contributed by atoms with Crippen molar-refractivity contribution >= 4 is 17.4 Å². The Kier molecular flexibility index (Phi) is 4.82. The van der Waals surface area contributed by atoms with Crippen LogP contribution < -0.4 is 5.32 Å². The summed E-state index contributed by atoms with van der Waals surface area (Å²) in [5.41, 5.74) is 0.164. The Balaban J connectivity index is 2.12. The molecule has 1 aromatic rings. The van der Waals surface area contributed by atoms with E-state index in [2.05, 4.69) is 5.32 Å². The SMILES string of the molecule is CC(C)(C(=O)Cc1cccc(F)c1Cl)C1CCCNC1. The van der Waals surface area contributed by atoms with Gasteiger partial charge in [0.2, 0.25) is 0 Å². The molecule has 0 saturated carbocycles. The number of hydrogen-bond donors (Lipinski definition) is 1. The van der Waals surface area contributed by atoms with E-state index in [1.165, 1.54) is 6.07 Å². The second-order valence-electron chi connectivity index (χ2n) is 6.08. The van der Waals surface area contributed by atoms with Crippen LogP contribution in [0.1, 0.15) is 32.3 Å². The van der Waals surface area contributed by atoms with Crippen LogP contribution in [0.25, 0.3) is 0 Å². The average molecular weight is 298 g/mol. The fourth-order valence-electron chi connectivity index (χ4n) is 2.78. The van der Waals surface area contributed by atoms with Crippen molar-refractivity contribution in [3.63, 3.8) is 0 Å². The van der Waals surface area contributed by atoms with Crippen molar-refractivity contribution in [3.05, 3.63) is 34.6 Å². The summed E-state index contributed by atoms with van der Waals surface area (Å²) in [4.78, 5) is 12.6. The number of nitrogens with one attached hydrogen (secondary N) is 1. The van der Waals surface area contributed by atoms with Crippen LogP contribution in [0.2, 0.25) is 5.02 Å². The molecular formula is C16H21ClFNO. The largest absolute Gasteiger partial charge is 0.316 e. The lowest BCUT2D eigenvalue weighted by molar-refractivity contribution is -0.129. The molecule has 1 heterocycles. The quantitative estimate of drug-likeness (QED) is 0.920. The zero-order valence-electron chi connectivity index (χ0n) is 12.0. The van der Waals surface area contributed by atoms with E-state index in [0.29, 0.717) is 11.5 Å². The van der Waals surface area contributed by atoms with Crippen LogP contribution in [-0.2, 0) is 11.2 Å². The normalized spacial score (nSPS) is 19.9. The van der Waals surface area contributed by atoms with Gasteiger partial charge in [-0.2, -0.15) is 0 Å². The first-order valence-electron chi connectivity index (χ1n) is 7.10. The zero-order valence-corrected chi connectivity index (χ0v) is 12.8. The number of ketones is 1. The highest BCUT2D eigenvalue weighted by molar-refractivity contribution is 6.31. The third kappa shape index (κ3) is 3.21. The number of rotatable bonds is 4. The Bertz CT molecular complexity index is 495. The topological polar surface area (TPSA) is 29.1 Å². The summed E-state index contributed by atoms with van der Waals surface area (Å²) < 4.78 is 13.4. The summed E-state index contributed by atoms with van der Waals surface area (Å²) >= 11 is 5.93. The van der Waals surface area contributed by atoms with E-state index in [1.807, 2.05) is 13.8 Å². The van der Waals surface area contributed by atoms with Gasteiger partial charge in [0.1, 0.15) is 11.6 Å². The molecule has 1 aliphatic heterocycles. The van der Waals surface area contributed by atoms with Crippen molar-refractivity contribution in [3.8, 4) is 0 Å². The molecule has 0 radical (unpaired) electrons. The molecule has 0 spiro atoms. The number of piperidine rings is 1. The summed E-state index contributed by atoms with van der Waals surface area (Å²) in [5, 5.41) is 3.41. The van der Waals surface area contributed by atoms with Crippen LogP contribution in [0.5, 0.6) is 0 Å². The van der Waals surface area contributed by atoms with Crippen LogP contribution in [0.3, 0.4) is 0 Å². The van der Waals surface area contributed by atoms with Crippen molar-refractivity contribution in [2.24, 2.45) is 11.3 Å². The highest BCUT2D eigenvalue weighted by atomic mass is 35.5. The monoisotopic (exact) mass is 297 g/mol. The van der Waals surface area contributed by atoms with Gasteiger partial charge >= 0.3 is 0 Å². The third-order valence-electron chi connectivity index (χ3n) is 4.42. The number of hydrogen-bond acceptors (Lipinski definition) is 2. The number of halogens is 2. The first-order valence-corrected chi connectivity index (χ1v) is 7.47. The van der Waals surface area contributed by atoms with Crippen LogP contribution in [0.15, 0.2) is 18.2 Å². The van der Waals surface area contributed by atoms with Gasteiger partial charge in [0.15, 0.2) is 0 Å². The molecule has 1 aliphatic rings. The summed E-state index contributed by atoms with van der Waals surface area (Å²) in [5.74, 6) is -0.0103. The van der Waals surface area contributed by atoms with Crippen LogP contribution in [-0.4, -0.2) is 18.9 Å². The van der Waals surface area contributed by atoms with Gasteiger partial charge in [-0.05, 0) is 43.5 Å². The summed E-state index contributed by atoms with van der Waals surface area (Å²) in [6.07, 6.45) is 2.35. The number of Topliss-reactive ketones (excluding diaryl/α,β-unsaturated/α-hetero) is 1. The van der Waals surface area contributed by atoms with Crippen molar-refractivity contribution < 1.29 is 9.18 Å². The predicted octanol–water partition coefficient (Wildman–Crippen LogP) is 3.62. The van der Waals surface area contributed by atoms with Crippen molar-refractivity contribution in [2.75, 3.05) is 13.1 Å². The minimum Gasteiger partial charge on any atom is -0.316 e. The fourth-order valence-corrected chi connectivity index (χ4v) is 2.97. The maximum atomic E-state index is 13.4. The molecule has 2 rings (SSSR count). The van der Waals surface area contributed by atoms with Crippen LogP contribution >= 0.6 is 11.6 Å². The molecule has 1 aromatic carbocycles. The Morgan fingerprint density at radius 3 is 2.90 bits per heavy atom. The maximum Gasteiger partial charge on any atom is 0.143 e. The molecule has 0 amide bonds. The maximum absolute atomic E-state index is 13.4. The van der Waals surface area contributed by atoms with Crippen LogP contribution in [0.4, 0.5) is 4.39 Å². The van der Waals surface area contributed by atoms with Crippen molar-refractivity contribution in [1.82, 2.24) is 5.32 Å². The summed E-state index contributed by atoms with van der Waals surface area (Å²) in [6.45, 7) is 5.87. The van der Waals surface area contributed by atoms with Gasteiger partial charge in [-0.25, -0.2) is 4.39 Å². The van der Waals surface area contributed by atoms with E-state index in [9.17, 15) is 9.18 Å². The Hall–Kier alpha value is -0.930. The summed E-state index contributed by atoms with van der Waals surface area (Å²) in [7, 11) is 0. The first kappa shape index (κ1) is 15.5. The average Bonchev–Trinajstić information content (AvgIpc) is 2.44. The number of benzene rings is 1. The Labute approximate surface area is 124 Å². The van der Waals surface area contributed by atoms with E-state index in [-0.39, 0.29) is 17.2 Å². The van der Waals surface area contributed by atoms with Gasteiger partial charge in [0, 0.05) is 11.8 Å². The molecule has 110 valence electrons. The highest BCUT2D eigenvalue weighted by Gasteiger charge is 2.36. The molecule has 1 fully saturated rings. The van der Waals surface area contributed by atoms with Crippen molar-refractivity contribution in [2.45, 2.75) is 33.1 Å². The number of carbonyl (C=O) groups excluding carboxylic acids is 1. The molecule has 0 aliphatic carbocycles. The highest BCUT2D eigenvalue weighted by Crippen LogP contribution is 2.34. The third-order valence-corrected chi connectivity index (χ3v) is 4.84. The molecule has 1 saturated heterocycles. The van der Waals surface area contributed by atoms with Gasteiger partial charge in [0.25, 0.3) is 0 Å². The molecule has 2 nitrogen and oxygen atoms in total. The molecule has 1 atom stereocenters. The lowest BCUT2D eigenvalue weighted by atomic mass is 9.71. The van der Waals surface area contributed by atoms with Gasteiger partial charge in [-0.1, -0.05) is 37.6 Å². The van der Waals surface area contributed by atoms with E-state index in [4.69, 9.17) is 11.6 Å². The fraction of sp³-hybridized carbons (Fsp3) is 0.562. The Morgan fingerprint density at radius 1 is 1.50 bits per heavy atom. The Morgan fingerprint density at radius 2 is 2.25 bits per heavy atom. The molecule has 0 bridgehead atoms. The van der Waals surface area contributed by atoms with E-state index < -0.39 is 11.2 Å². The van der Waals surface area contributed by atoms with Gasteiger partial charge in [0.05, 0.1) is 5.02 Å². The number of carbonyl (C=O) groups is 1. The molecule has 1 N–H and O–H groups in total. The predicted molar refractivity (Wildman–Crippen MR) is 79.5 cm³/mol. The minimum absolute atomic E-state index is 0.0680. The first-order chi connectivity index (χ1) is 9.43. The second kappa shape index (κ2) is 6.23. The zero-order chi connectivity index (χ0) is 14.8. The lowest BCUT2D eigenvalue weighted by Gasteiger charge is -2.36. The van der Waals surface area contributed by atoms with E-state index in [1.54, 1.807) is 12.1 Å². The second-order valence-corrected chi connectivity index (χ2v) is 6.46. The van der Waals surface area contributed by atoms with E-state index in [0.717, 1.165) is 25.9 Å². The van der Waals surface area contributed by atoms with E-state index >= 15 is 0 Å². The van der Waals surface area contributed by atoms with Crippen molar-refractivity contribution in [1.29, 1.82) is 0 Å². The smallest absolute Gasteiger partial charge is 0.143 e. The lowest BCUT2D eigenvalue weighted by Crippen LogP contribution is -2.43. The van der Waals surface area contributed by atoms with Gasteiger partial charge in [-0.3, -0.25) is 4.79 Å². The minimum atomic E-state index is -0.464. The summed E-state index contributed by atoms with van der Waals surface area (Å²) in [6, 6.07) is 4.63. The molecule has 1 unspecified atom stereocenters. The molecule has 4 heteroatoms. The molecular weight excluding hydrogens is 277 g/mol. The molecule has 20 heavy (non-hydrogen) atoms.